The zero-order chi connectivity index (χ0) is 15.8. The lowest BCUT2D eigenvalue weighted by molar-refractivity contribution is -0.119. The van der Waals surface area contributed by atoms with Gasteiger partial charge in [0.1, 0.15) is 5.75 Å². The number of amides is 1. The summed E-state index contributed by atoms with van der Waals surface area (Å²) in [6.45, 7) is 4.77. The molecule has 116 valence electrons. The number of anilines is 1. The lowest BCUT2D eigenvalue weighted by atomic mass is 10.2. The molecule has 0 bridgehead atoms. The molecule has 0 unspecified atom stereocenters. The highest BCUT2D eigenvalue weighted by atomic mass is 16.5. The van der Waals surface area contributed by atoms with Crippen LogP contribution in [0.3, 0.4) is 0 Å². The van der Waals surface area contributed by atoms with Crippen molar-refractivity contribution >= 4 is 11.6 Å². The number of benzene rings is 2. The first-order chi connectivity index (χ1) is 10.6. The smallest absolute Gasteiger partial charge is 0.239 e. The SMILES string of the molecule is CC(C)Oc1ccc(NCC(=O)NCc2ccccc2)cc1. The summed E-state index contributed by atoms with van der Waals surface area (Å²) < 4.78 is 5.58. The van der Waals surface area contributed by atoms with E-state index in [9.17, 15) is 4.79 Å². The summed E-state index contributed by atoms with van der Waals surface area (Å²) in [6.07, 6.45) is 0.155. The number of nitrogens with one attached hydrogen (secondary N) is 2. The molecule has 0 spiro atoms. The van der Waals surface area contributed by atoms with Crippen LogP contribution in [0.5, 0.6) is 5.75 Å². The van der Waals surface area contributed by atoms with Crippen molar-refractivity contribution in [2.45, 2.75) is 26.5 Å². The average molecular weight is 298 g/mol. The fourth-order valence-electron chi connectivity index (χ4n) is 1.96. The first kappa shape index (κ1) is 15.9. The molecule has 0 saturated carbocycles. The van der Waals surface area contributed by atoms with E-state index in [2.05, 4.69) is 10.6 Å². The van der Waals surface area contributed by atoms with Crippen LogP contribution in [0, 0.1) is 0 Å². The summed E-state index contributed by atoms with van der Waals surface area (Å²) in [5.74, 6) is 0.792. The van der Waals surface area contributed by atoms with Crippen LogP contribution in [-0.2, 0) is 11.3 Å². The highest BCUT2D eigenvalue weighted by Gasteiger charge is 2.02. The Balaban J connectivity index is 1.74. The van der Waals surface area contributed by atoms with E-state index >= 15 is 0 Å². The van der Waals surface area contributed by atoms with E-state index in [4.69, 9.17) is 4.74 Å². The Morgan fingerprint density at radius 3 is 2.36 bits per heavy atom. The summed E-state index contributed by atoms with van der Waals surface area (Å²) >= 11 is 0. The Morgan fingerprint density at radius 2 is 1.73 bits per heavy atom. The maximum atomic E-state index is 11.8. The molecule has 0 radical (unpaired) electrons. The van der Waals surface area contributed by atoms with Crippen LogP contribution in [0.15, 0.2) is 54.6 Å². The number of carbonyl (C=O) groups excluding carboxylic acids is 1. The van der Waals surface area contributed by atoms with E-state index in [0.29, 0.717) is 6.54 Å². The van der Waals surface area contributed by atoms with Crippen LogP contribution in [0.2, 0.25) is 0 Å². The van der Waals surface area contributed by atoms with Crippen LogP contribution >= 0.6 is 0 Å². The molecule has 0 aliphatic carbocycles. The molecule has 2 aromatic rings. The average Bonchev–Trinajstić information content (AvgIpc) is 2.53. The van der Waals surface area contributed by atoms with Crippen LogP contribution in [-0.4, -0.2) is 18.6 Å². The first-order valence-electron chi connectivity index (χ1n) is 7.44. The topological polar surface area (TPSA) is 50.4 Å². The molecule has 4 nitrogen and oxygen atoms in total. The van der Waals surface area contributed by atoms with Crippen molar-refractivity contribution < 1.29 is 9.53 Å². The van der Waals surface area contributed by atoms with E-state index in [0.717, 1.165) is 17.0 Å². The van der Waals surface area contributed by atoms with Crippen molar-refractivity contribution in [1.29, 1.82) is 0 Å². The predicted octanol–water partition coefficient (Wildman–Crippen LogP) is 3.20. The minimum absolute atomic E-state index is 0.0358. The fourth-order valence-corrected chi connectivity index (χ4v) is 1.96. The summed E-state index contributed by atoms with van der Waals surface area (Å²) in [6, 6.07) is 17.4. The third kappa shape index (κ3) is 5.48. The minimum atomic E-state index is -0.0358. The van der Waals surface area contributed by atoms with Crippen molar-refractivity contribution in [2.24, 2.45) is 0 Å². The molecule has 0 aromatic heterocycles. The van der Waals surface area contributed by atoms with Gasteiger partial charge in [-0.05, 0) is 43.7 Å². The van der Waals surface area contributed by atoms with Gasteiger partial charge in [-0.3, -0.25) is 4.79 Å². The molecule has 4 heteroatoms. The van der Waals surface area contributed by atoms with Crippen LogP contribution in [0.4, 0.5) is 5.69 Å². The van der Waals surface area contributed by atoms with Gasteiger partial charge in [0.2, 0.25) is 5.91 Å². The third-order valence-electron chi connectivity index (χ3n) is 3.01. The molecule has 2 rings (SSSR count). The zero-order valence-electron chi connectivity index (χ0n) is 13.0. The standard InChI is InChI=1S/C18H22N2O2/c1-14(2)22-17-10-8-16(9-11-17)19-13-18(21)20-12-15-6-4-3-5-7-15/h3-11,14,19H,12-13H2,1-2H3,(H,20,21). The maximum absolute atomic E-state index is 11.8. The number of ether oxygens (including phenoxy) is 1. The van der Waals surface area contributed by atoms with Crippen LogP contribution < -0.4 is 15.4 Å². The second kappa shape index (κ2) is 8.08. The molecule has 0 aliphatic rings. The van der Waals surface area contributed by atoms with Gasteiger partial charge in [-0.1, -0.05) is 30.3 Å². The van der Waals surface area contributed by atoms with Crippen molar-refractivity contribution in [1.82, 2.24) is 5.32 Å². The Labute approximate surface area is 131 Å². The molecular formula is C18H22N2O2. The van der Waals surface area contributed by atoms with E-state index in [-0.39, 0.29) is 18.6 Å². The molecule has 0 aliphatic heterocycles. The zero-order valence-corrected chi connectivity index (χ0v) is 13.0. The first-order valence-corrected chi connectivity index (χ1v) is 7.44. The second-order valence-electron chi connectivity index (χ2n) is 5.31. The summed E-state index contributed by atoms with van der Waals surface area (Å²) in [5.41, 5.74) is 1.98. The van der Waals surface area contributed by atoms with Gasteiger partial charge in [0.15, 0.2) is 0 Å². The van der Waals surface area contributed by atoms with Crippen LogP contribution in [0.1, 0.15) is 19.4 Å². The Hall–Kier alpha value is -2.49. The van der Waals surface area contributed by atoms with Crippen LogP contribution in [0.25, 0.3) is 0 Å². The molecule has 22 heavy (non-hydrogen) atoms. The highest BCUT2D eigenvalue weighted by molar-refractivity contribution is 5.80. The minimum Gasteiger partial charge on any atom is -0.491 e. The quantitative estimate of drug-likeness (QED) is 0.825. The third-order valence-corrected chi connectivity index (χ3v) is 3.01. The van der Waals surface area contributed by atoms with Gasteiger partial charge >= 0.3 is 0 Å². The monoisotopic (exact) mass is 298 g/mol. The van der Waals surface area contributed by atoms with Gasteiger partial charge in [0.05, 0.1) is 12.6 Å². The molecule has 0 atom stereocenters. The lowest BCUT2D eigenvalue weighted by Crippen LogP contribution is -2.29. The van der Waals surface area contributed by atoms with E-state index in [1.54, 1.807) is 0 Å². The molecule has 0 heterocycles. The maximum Gasteiger partial charge on any atom is 0.239 e. The number of carbonyl (C=O) groups is 1. The summed E-state index contributed by atoms with van der Waals surface area (Å²) in [5, 5.41) is 5.97. The molecule has 0 saturated heterocycles. The van der Waals surface area contributed by atoms with Crippen molar-refractivity contribution in [3.05, 3.63) is 60.2 Å². The summed E-state index contributed by atoms with van der Waals surface area (Å²) in [7, 11) is 0. The Bertz CT molecular complexity index is 580. The molecule has 2 N–H and O–H groups in total. The van der Waals surface area contributed by atoms with Crippen molar-refractivity contribution in [2.75, 3.05) is 11.9 Å². The van der Waals surface area contributed by atoms with Crippen molar-refractivity contribution in [3.63, 3.8) is 0 Å². The number of hydrogen-bond acceptors (Lipinski definition) is 3. The second-order valence-corrected chi connectivity index (χ2v) is 5.31. The van der Waals surface area contributed by atoms with Crippen molar-refractivity contribution in [3.8, 4) is 5.75 Å². The normalized spacial score (nSPS) is 10.3. The largest absolute Gasteiger partial charge is 0.491 e. The molecule has 1 amide bonds. The predicted molar refractivity (Wildman–Crippen MR) is 89.0 cm³/mol. The van der Waals surface area contributed by atoms with E-state index in [1.165, 1.54) is 0 Å². The van der Waals surface area contributed by atoms with Gasteiger partial charge in [0.25, 0.3) is 0 Å². The number of rotatable bonds is 7. The van der Waals surface area contributed by atoms with Gasteiger partial charge in [-0.15, -0.1) is 0 Å². The lowest BCUT2D eigenvalue weighted by Gasteiger charge is -2.11. The molecule has 0 fully saturated rings. The van der Waals surface area contributed by atoms with E-state index < -0.39 is 0 Å². The Morgan fingerprint density at radius 1 is 1.05 bits per heavy atom. The highest BCUT2D eigenvalue weighted by Crippen LogP contribution is 2.16. The van der Waals surface area contributed by atoms with E-state index in [1.807, 2.05) is 68.4 Å². The molecule has 2 aromatic carbocycles. The summed E-state index contributed by atoms with van der Waals surface area (Å²) in [4.78, 5) is 11.8. The fraction of sp³-hybridized carbons (Fsp3) is 0.278. The number of hydrogen-bond donors (Lipinski definition) is 2. The van der Waals surface area contributed by atoms with Gasteiger partial charge in [-0.25, -0.2) is 0 Å². The molecular weight excluding hydrogens is 276 g/mol. The Kier molecular flexibility index (Phi) is 5.83. The van der Waals surface area contributed by atoms with Gasteiger partial charge in [-0.2, -0.15) is 0 Å². The van der Waals surface area contributed by atoms with Gasteiger partial charge in [0, 0.05) is 12.2 Å². The van der Waals surface area contributed by atoms with Gasteiger partial charge < -0.3 is 15.4 Å².